The molecule has 188 valence electrons. The first-order valence-electron chi connectivity index (χ1n) is 12.1. The summed E-state index contributed by atoms with van der Waals surface area (Å²) < 4.78 is 21.0. The second-order valence-corrected chi connectivity index (χ2v) is 10.9. The number of aryl methyl sites for hydroxylation is 1. The molecule has 1 saturated heterocycles. The van der Waals surface area contributed by atoms with Gasteiger partial charge in [-0.2, -0.15) is 5.26 Å². The predicted molar refractivity (Wildman–Crippen MR) is 138 cm³/mol. The quantitative estimate of drug-likeness (QED) is 0.388. The van der Waals surface area contributed by atoms with E-state index in [1.165, 1.54) is 40.1 Å². The zero-order valence-electron chi connectivity index (χ0n) is 19.8. The second-order valence-electron chi connectivity index (χ2n) is 8.87. The van der Waals surface area contributed by atoms with Crippen LogP contribution in [0.2, 0.25) is 0 Å². The number of rotatable bonds is 9. The largest absolute Gasteiger partial charge is 0.378 e. The Kier molecular flexibility index (Phi) is 7.84. The van der Waals surface area contributed by atoms with Crippen molar-refractivity contribution in [1.82, 2.24) is 14.8 Å². The number of anilines is 2. The lowest BCUT2D eigenvalue weighted by molar-refractivity contribution is -0.113. The fraction of sp³-hybridized carbons (Fsp3) is 0.440. The van der Waals surface area contributed by atoms with Crippen LogP contribution in [0, 0.1) is 17.1 Å². The number of hydrogen-bond donors (Lipinski definition) is 2. The van der Waals surface area contributed by atoms with Gasteiger partial charge in [0.05, 0.1) is 30.5 Å². The number of carbonyl (C=O) groups is 1. The Morgan fingerprint density at radius 1 is 1.25 bits per heavy atom. The summed E-state index contributed by atoms with van der Waals surface area (Å²) in [6, 6.07) is 8.44. The summed E-state index contributed by atoms with van der Waals surface area (Å²) in [5.74, 6) is 0.412. The molecule has 5 rings (SSSR count). The SMILES string of the molecule is N#Cc1c(NC(=O)CSc2nnc(CNc3ccc(F)cc3)n2C[C@H]2CCCO2)sc2c1CCCC2. The lowest BCUT2D eigenvalue weighted by atomic mass is 9.96. The minimum Gasteiger partial charge on any atom is -0.378 e. The Morgan fingerprint density at radius 2 is 2.08 bits per heavy atom. The number of fused-ring (bicyclic) bond motifs is 1. The van der Waals surface area contributed by atoms with Crippen LogP contribution in [0.1, 0.15) is 47.5 Å². The standard InChI is InChI=1S/C25H27FN6O2S2/c26-16-7-9-17(10-8-16)28-13-22-30-31-25(32(22)14-18-4-3-11-34-18)35-15-23(33)29-24-20(12-27)19-5-1-2-6-21(19)36-24/h7-10,18,28H,1-6,11,13-15H2,(H,29,33)/t18-/m1/s1. The van der Waals surface area contributed by atoms with E-state index in [1.807, 2.05) is 4.57 Å². The number of carbonyl (C=O) groups excluding carboxylic acids is 1. The molecular formula is C25H27FN6O2S2. The molecule has 0 radical (unpaired) electrons. The van der Waals surface area contributed by atoms with Crippen molar-refractivity contribution in [2.45, 2.75) is 62.9 Å². The van der Waals surface area contributed by atoms with Crippen molar-refractivity contribution in [1.29, 1.82) is 5.26 Å². The third-order valence-corrected chi connectivity index (χ3v) is 8.54. The van der Waals surface area contributed by atoms with E-state index in [4.69, 9.17) is 4.74 Å². The third kappa shape index (κ3) is 5.72. The Balaban J connectivity index is 1.26. The number of nitriles is 1. The first-order chi connectivity index (χ1) is 17.6. The molecule has 36 heavy (non-hydrogen) atoms. The Morgan fingerprint density at radius 3 is 2.86 bits per heavy atom. The average molecular weight is 527 g/mol. The molecule has 3 heterocycles. The van der Waals surface area contributed by atoms with E-state index >= 15 is 0 Å². The van der Waals surface area contributed by atoms with Gasteiger partial charge in [0.1, 0.15) is 16.9 Å². The number of thiophene rings is 1. The first-order valence-corrected chi connectivity index (χ1v) is 13.9. The van der Waals surface area contributed by atoms with Gasteiger partial charge >= 0.3 is 0 Å². The van der Waals surface area contributed by atoms with Crippen LogP contribution in [0.5, 0.6) is 0 Å². The summed E-state index contributed by atoms with van der Waals surface area (Å²) in [6.45, 7) is 1.75. The number of halogens is 1. The second kappa shape index (κ2) is 11.4. The highest BCUT2D eigenvalue weighted by Crippen LogP contribution is 2.37. The summed E-state index contributed by atoms with van der Waals surface area (Å²) >= 11 is 2.84. The number of nitrogens with one attached hydrogen (secondary N) is 2. The van der Waals surface area contributed by atoms with Crippen LogP contribution in [-0.2, 0) is 35.5 Å². The van der Waals surface area contributed by atoms with Gasteiger partial charge in [0.15, 0.2) is 11.0 Å². The molecule has 2 aliphatic rings. The molecule has 1 aliphatic heterocycles. The fourth-order valence-electron chi connectivity index (χ4n) is 4.55. The lowest BCUT2D eigenvalue weighted by Gasteiger charge is -2.15. The van der Waals surface area contributed by atoms with Gasteiger partial charge in [0.25, 0.3) is 0 Å². The van der Waals surface area contributed by atoms with Gasteiger partial charge in [-0.05, 0) is 68.4 Å². The number of benzene rings is 1. The average Bonchev–Trinajstić information content (AvgIpc) is 3.62. The molecule has 1 aromatic carbocycles. The van der Waals surface area contributed by atoms with Gasteiger partial charge < -0.3 is 19.9 Å². The van der Waals surface area contributed by atoms with Crippen molar-refractivity contribution in [3.63, 3.8) is 0 Å². The topological polar surface area (TPSA) is 105 Å². The van der Waals surface area contributed by atoms with E-state index in [9.17, 15) is 14.4 Å². The first kappa shape index (κ1) is 24.7. The molecule has 11 heteroatoms. The highest BCUT2D eigenvalue weighted by Gasteiger charge is 2.24. The molecule has 8 nitrogen and oxygen atoms in total. The number of hydrogen-bond acceptors (Lipinski definition) is 8. The summed E-state index contributed by atoms with van der Waals surface area (Å²) in [7, 11) is 0. The molecule has 1 atom stereocenters. The van der Waals surface area contributed by atoms with Gasteiger partial charge in [0.2, 0.25) is 5.91 Å². The van der Waals surface area contributed by atoms with Crippen molar-refractivity contribution in [3.05, 3.63) is 51.9 Å². The van der Waals surface area contributed by atoms with Crippen LogP contribution >= 0.6 is 23.1 Å². The fourth-order valence-corrected chi connectivity index (χ4v) is 6.57. The molecule has 0 bridgehead atoms. The van der Waals surface area contributed by atoms with Crippen LogP contribution in [0.3, 0.4) is 0 Å². The summed E-state index contributed by atoms with van der Waals surface area (Å²) in [4.78, 5) is 14.0. The molecule has 0 unspecified atom stereocenters. The van der Waals surface area contributed by atoms with Crippen LogP contribution in [0.25, 0.3) is 0 Å². The summed E-state index contributed by atoms with van der Waals surface area (Å²) in [5, 5.41) is 25.8. The summed E-state index contributed by atoms with van der Waals surface area (Å²) in [5.41, 5.74) is 2.50. The maximum absolute atomic E-state index is 13.2. The Bertz CT molecular complexity index is 1260. The number of thioether (sulfide) groups is 1. The van der Waals surface area contributed by atoms with Gasteiger partial charge in [-0.25, -0.2) is 4.39 Å². The van der Waals surface area contributed by atoms with E-state index in [0.717, 1.165) is 62.2 Å². The predicted octanol–water partition coefficient (Wildman–Crippen LogP) is 4.75. The molecular weight excluding hydrogens is 499 g/mol. The number of aromatic nitrogens is 3. The van der Waals surface area contributed by atoms with Crippen molar-refractivity contribution < 1.29 is 13.9 Å². The van der Waals surface area contributed by atoms with Crippen LogP contribution < -0.4 is 10.6 Å². The molecule has 1 fully saturated rings. The minimum absolute atomic E-state index is 0.0781. The highest BCUT2D eigenvalue weighted by atomic mass is 32.2. The van der Waals surface area contributed by atoms with Gasteiger partial charge in [-0.15, -0.1) is 21.5 Å². The van der Waals surface area contributed by atoms with Crippen molar-refractivity contribution in [2.24, 2.45) is 0 Å². The molecule has 1 aliphatic carbocycles. The van der Waals surface area contributed by atoms with E-state index in [-0.39, 0.29) is 23.6 Å². The monoisotopic (exact) mass is 526 g/mol. The van der Waals surface area contributed by atoms with E-state index in [0.29, 0.717) is 28.8 Å². The van der Waals surface area contributed by atoms with E-state index in [1.54, 1.807) is 12.1 Å². The van der Waals surface area contributed by atoms with Crippen molar-refractivity contribution in [3.8, 4) is 6.07 Å². The molecule has 0 saturated carbocycles. The summed E-state index contributed by atoms with van der Waals surface area (Å²) in [6.07, 6.45) is 6.15. The maximum Gasteiger partial charge on any atom is 0.235 e. The van der Waals surface area contributed by atoms with E-state index < -0.39 is 0 Å². The van der Waals surface area contributed by atoms with Crippen LogP contribution in [0.15, 0.2) is 29.4 Å². The van der Waals surface area contributed by atoms with Crippen molar-refractivity contribution in [2.75, 3.05) is 23.0 Å². The van der Waals surface area contributed by atoms with Crippen LogP contribution in [0.4, 0.5) is 15.1 Å². The molecule has 2 N–H and O–H groups in total. The number of ether oxygens (including phenoxy) is 1. The molecule has 3 aromatic rings. The molecule has 0 spiro atoms. The van der Waals surface area contributed by atoms with Crippen LogP contribution in [-0.4, -0.2) is 39.1 Å². The number of nitrogens with zero attached hydrogens (tertiary/aromatic N) is 4. The zero-order valence-corrected chi connectivity index (χ0v) is 21.4. The maximum atomic E-state index is 13.2. The highest BCUT2D eigenvalue weighted by molar-refractivity contribution is 7.99. The smallest absolute Gasteiger partial charge is 0.235 e. The van der Waals surface area contributed by atoms with Gasteiger partial charge in [-0.1, -0.05) is 11.8 Å². The minimum atomic E-state index is -0.288. The zero-order chi connectivity index (χ0) is 24.9. The third-order valence-electron chi connectivity index (χ3n) is 6.37. The number of amides is 1. The van der Waals surface area contributed by atoms with Gasteiger partial charge in [-0.3, -0.25) is 4.79 Å². The van der Waals surface area contributed by atoms with Gasteiger partial charge in [0, 0.05) is 17.2 Å². The molecule has 2 aromatic heterocycles. The Hall–Kier alpha value is -2.94. The lowest BCUT2D eigenvalue weighted by Crippen LogP contribution is -2.20. The van der Waals surface area contributed by atoms with E-state index in [2.05, 4.69) is 26.9 Å². The molecule has 1 amide bonds. The normalized spacial score (nSPS) is 16.9. The van der Waals surface area contributed by atoms with Crippen molar-refractivity contribution >= 4 is 39.7 Å². The Labute approximate surface area is 217 Å².